The average molecular weight is 344 g/mol. The first kappa shape index (κ1) is 15.3. The highest BCUT2D eigenvalue weighted by atomic mass is 32.1. The number of benzene rings is 1. The lowest BCUT2D eigenvalue weighted by Gasteiger charge is -2.29. The van der Waals surface area contributed by atoms with Crippen LogP contribution in [0, 0.1) is 5.41 Å². The second kappa shape index (κ2) is 5.37. The van der Waals surface area contributed by atoms with Crippen molar-refractivity contribution in [2.75, 3.05) is 30.3 Å². The zero-order chi connectivity index (χ0) is 16.9. The number of hydrogen-bond donors (Lipinski definition) is 2. The second-order valence-corrected chi connectivity index (χ2v) is 8.00. The molecule has 0 spiro atoms. The Morgan fingerprint density at radius 1 is 1.42 bits per heavy atom. The highest BCUT2D eigenvalue weighted by Crippen LogP contribution is 2.41. The number of fused-ring (bicyclic) bond motifs is 2. The van der Waals surface area contributed by atoms with Crippen LogP contribution in [-0.2, 0) is 6.42 Å². The third-order valence-corrected chi connectivity index (χ3v) is 5.46. The molecule has 24 heavy (non-hydrogen) atoms. The number of carbonyl (C=O) groups excluding carboxylic acids is 1. The van der Waals surface area contributed by atoms with Crippen molar-refractivity contribution in [3.63, 3.8) is 0 Å². The van der Waals surface area contributed by atoms with Gasteiger partial charge in [0.15, 0.2) is 5.13 Å². The number of aromatic nitrogens is 1. The Hall–Kier alpha value is -2.28. The SMILES string of the molecule is CC1(C)CNC(=O)c2sc(N3CCOc4ccc(N)cc43)nc2C1. The highest BCUT2D eigenvalue weighted by Gasteiger charge is 2.32. The van der Waals surface area contributed by atoms with Crippen LogP contribution in [0.25, 0.3) is 0 Å². The Morgan fingerprint density at radius 2 is 2.25 bits per heavy atom. The van der Waals surface area contributed by atoms with Crippen LogP contribution in [0.2, 0.25) is 0 Å². The van der Waals surface area contributed by atoms with Crippen molar-refractivity contribution >= 4 is 33.8 Å². The van der Waals surface area contributed by atoms with E-state index in [1.54, 1.807) is 0 Å². The monoisotopic (exact) mass is 344 g/mol. The molecule has 0 fully saturated rings. The third kappa shape index (κ3) is 2.58. The standard InChI is InChI=1S/C17H20N4O2S/c1-17(2)8-11-14(15(22)19-9-17)24-16(20-11)21-5-6-23-13-4-3-10(18)7-12(13)21/h3-4,7H,5-6,8-9,18H2,1-2H3,(H,19,22). The minimum absolute atomic E-state index is 0.000399. The number of nitrogens with zero attached hydrogens (tertiary/aromatic N) is 2. The summed E-state index contributed by atoms with van der Waals surface area (Å²) >= 11 is 1.44. The van der Waals surface area contributed by atoms with Gasteiger partial charge in [-0.1, -0.05) is 25.2 Å². The average Bonchev–Trinajstić information content (AvgIpc) is 2.90. The number of ether oxygens (including phenoxy) is 1. The summed E-state index contributed by atoms with van der Waals surface area (Å²) in [5, 5.41) is 3.83. The summed E-state index contributed by atoms with van der Waals surface area (Å²) in [7, 11) is 0. The number of nitrogens with one attached hydrogen (secondary N) is 1. The number of nitrogens with two attached hydrogens (primary N) is 1. The van der Waals surface area contributed by atoms with Crippen molar-refractivity contribution in [1.29, 1.82) is 0 Å². The lowest BCUT2D eigenvalue weighted by atomic mass is 9.88. The van der Waals surface area contributed by atoms with Crippen molar-refractivity contribution in [3.05, 3.63) is 28.8 Å². The van der Waals surface area contributed by atoms with Gasteiger partial charge < -0.3 is 20.7 Å². The number of rotatable bonds is 1. The number of nitrogen functional groups attached to an aromatic ring is 1. The van der Waals surface area contributed by atoms with Gasteiger partial charge in [0.2, 0.25) is 0 Å². The summed E-state index contributed by atoms with van der Waals surface area (Å²) in [5.41, 5.74) is 8.40. The highest BCUT2D eigenvalue weighted by molar-refractivity contribution is 7.17. The van der Waals surface area contributed by atoms with Crippen LogP contribution >= 0.6 is 11.3 Å². The van der Waals surface area contributed by atoms with Gasteiger partial charge in [0.05, 0.1) is 17.9 Å². The summed E-state index contributed by atoms with van der Waals surface area (Å²) in [6.07, 6.45) is 0.783. The molecule has 6 nitrogen and oxygen atoms in total. The Bertz CT molecular complexity index is 815. The third-order valence-electron chi connectivity index (χ3n) is 4.34. The van der Waals surface area contributed by atoms with Crippen molar-refractivity contribution in [2.24, 2.45) is 5.41 Å². The molecular formula is C17H20N4O2S. The van der Waals surface area contributed by atoms with Gasteiger partial charge in [-0.05, 0) is 30.0 Å². The van der Waals surface area contributed by atoms with E-state index in [2.05, 4.69) is 24.1 Å². The zero-order valence-electron chi connectivity index (χ0n) is 13.8. The van der Waals surface area contributed by atoms with E-state index in [1.807, 2.05) is 18.2 Å². The molecule has 0 radical (unpaired) electrons. The topological polar surface area (TPSA) is 80.5 Å². The maximum atomic E-state index is 12.4. The Balaban J connectivity index is 1.76. The lowest BCUT2D eigenvalue weighted by molar-refractivity contribution is 0.0948. The minimum Gasteiger partial charge on any atom is -0.490 e. The van der Waals surface area contributed by atoms with Gasteiger partial charge in [-0.3, -0.25) is 4.79 Å². The number of hydrogen-bond acceptors (Lipinski definition) is 6. The van der Waals surface area contributed by atoms with E-state index >= 15 is 0 Å². The van der Waals surface area contributed by atoms with Gasteiger partial charge in [-0.25, -0.2) is 4.98 Å². The molecule has 3 N–H and O–H groups in total. The van der Waals surface area contributed by atoms with Gasteiger partial charge in [-0.15, -0.1) is 0 Å². The molecule has 0 saturated heterocycles. The first-order chi connectivity index (χ1) is 11.4. The largest absolute Gasteiger partial charge is 0.490 e. The first-order valence-electron chi connectivity index (χ1n) is 8.01. The number of anilines is 3. The van der Waals surface area contributed by atoms with Crippen LogP contribution < -0.4 is 20.7 Å². The Kier molecular flexibility index (Phi) is 3.42. The van der Waals surface area contributed by atoms with Crippen LogP contribution in [0.15, 0.2) is 18.2 Å². The van der Waals surface area contributed by atoms with Crippen LogP contribution in [0.4, 0.5) is 16.5 Å². The fourth-order valence-electron chi connectivity index (χ4n) is 3.10. The molecule has 0 bridgehead atoms. The number of thiazole rings is 1. The Morgan fingerprint density at radius 3 is 3.08 bits per heavy atom. The van der Waals surface area contributed by atoms with E-state index in [1.165, 1.54) is 11.3 Å². The molecule has 2 aliphatic heterocycles. The van der Waals surface area contributed by atoms with E-state index in [0.29, 0.717) is 30.3 Å². The van der Waals surface area contributed by atoms with E-state index in [9.17, 15) is 4.79 Å². The van der Waals surface area contributed by atoms with E-state index in [-0.39, 0.29) is 11.3 Å². The van der Waals surface area contributed by atoms with Gasteiger partial charge in [0.25, 0.3) is 5.91 Å². The molecule has 1 aromatic heterocycles. The molecule has 126 valence electrons. The smallest absolute Gasteiger partial charge is 0.263 e. The molecule has 0 unspecified atom stereocenters. The van der Waals surface area contributed by atoms with Crippen LogP contribution in [-0.4, -0.2) is 30.6 Å². The van der Waals surface area contributed by atoms with Crippen molar-refractivity contribution < 1.29 is 9.53 Å². The molecule has 0 saturated carbocycles. The predicted molar refractivity (Wildman–Crippen MR) is 95.3 cm³/mol. The Labute approximate surface area is 144 Å². The van der Waals surface area contributed by atoms with Crippen molar-refractivity contribution in [2.45, 2.75) is 20.3 Å². The summed E-state index contributed by atoms with van der Waals surface area (Å²) in [4.78, 5) is 20.0. The molecule has 2 aromatic rings. The molecule has 1 amide bonds. The van der Waals surface area contributed by atoms with Crippen LogP contribution in [0.3, 0.4) is 0 Å². The molecule has 7 heteroatoms. The normalized spacial score (nSPS) is 18.9. The summed E-state index contributed by atoms with van der Waals surface area (Å²) in [6.45, 7) is 6.23. The second-order valence-electron chi connectivity index (χ2n) is 7.02. The molecular weight excluding hydrogens is 324 g/mol. The van der Waals surface area contributed by atoms with Gasteiger partial charge in [0, 0.05) is 12.2 Å². The van der Waals surface area contributed by atoms with Gasteiger partial charge >= 0.3 is 0 Å². The summed E-state index contributed by atoms with van der Waals surface area (Å²) in [6, 6.07) is 5.60. The quantitative estimate of drug-likeness (QED) is 0.777. The fourth-order valence-corrected chi connectivity index (χ4v) is 4.14. The lowest BCUT2D eigenvalue weighted by Crippen LogP contribution is -2.32. The van der Waals surface area contributed by atoms with E-state index < -0.39 is 0 Å². The molecule has 2 aliphatic rings. The predicted octanol–water partition coefficient (Wildman–Crippen LogP) is 2.57. The summed E-state index contributed by atoms with van der Waals surface area (Å²) in [5.74, 6) is 0.769. The van der Waals surface area contributed by atoms with Gasteiger partial charge in [-0.2, -0.15) is 0 Å². The molecule has 3 heterocycles. The fraction of sp³-hybridized carbons (Fsp3) is 0.412. The van der Waals surface area contributed by atoms with Crippen LogP contribution in [0.1, 0.15) is 29.2 Å². The van der Waals surface area contributed by atoms with Crippen LogP contribution in [0.5, 0.6) is 5.75 Å². The summed E-state index contributed by atoms with van der Waals surface area (Å²) < 4.78 is 5.71. The first-order valence-corrected chi connectivity index (χ1v) is 8.82. The maximum Gasteiger partial charge on any atom is 0.263 e. The number of carbonyl (C=O) groups is 1. The molecule has 1 aromatic carbocycles. The van der Waals surface area contributed by atoms with E-state index in [4.69, 9.17) is 15.5 Å². The number of amides is 1. The maximum absolute atomic E-state index is 12.4. The van der Waals surface area contributed by atoms with Crippen molar-refractivity contribution in [1.82, 2.24) is 10.3 Å². The van der Waals surface area contributed by atoms with Crippen molar-refractivity contribution in [3.8, 4) is 5.75 Å². The van der Waals surface area contributed by atoms with Gasteiger partial charge in [0.1, 0.15) is 17.2 Å². The molecule has 4 rings (SSSR count). The zero-order valence-corrected chi connectivity index (χ0v) is 14.6. The molecule has 0 atom stereocenters. The van der Waals surface area contributed by atoms with E-state index in [0.717, 1.165) is 28.7 Å². The molecule has 0 aliphatic carbocycles. The minimum atomic E-state index is -0.0274.